The van der Waals surface area contributed by atoms with Crippen LogP contribution in [0.1, 0.15) is 37.6 Å². The van der Waals surface area contributed by atoms with Gasteiger partial charge >= 0.3 is 0 Å². The monoisotopic (exact) mass is 721 g/mol. The van der Waals surface area contributed by atoms with E-state index in [1.807, 2.05) is 18.2 Å². The van der Waals surface area contributed by atoms with Crippen LogP contribution in [0, 0.1) is 13.2 Å². The van der Waals surface area contributed by atoms with Crippen LogP contribution in [0.25, 0.3) is 0 Å². The molecule has 0 aliphatic heterocycles. The van der Waals surface area contributed by atoms with Gasteiger partial charge in [0.1, 0.15) is 33.6 Å². The van der Waals surface area contributed by atoms with Crippen molar-refractivity contribution in [3.8, 4) is 11.5 Å². The molecule has 0 saturated heterocycles. The van der Waals surface area contributed by atoms with E-state index in [0.717, 1.165) is 14.9 Å². The zero-order valence-corrected chi connectivity index (χ0v) is 25.0. The van der Waals surface area contributed by atoms with E-state index in [-0.39, 0.29) is 25.2 Å². The molecule has 2 atom stereocenters. The van der Waals surface area contributed by atoms with Gasteiger partial charge in [0.05, 0.1) is 23.3 Å². The fraction of sp³-hybridized carbons (Fsp3) is 0.440. The largest absolute Gasteiger partial charge is 0.492 e. The zero-order valence-electron chi connectivity index (χ0n) is 19.9. The molecule has 0 aliphatic rings. The summed E-state index contributed by atoms with van der Waals surface area (Å²) >= 11 is 10.3. The van der Waals surface area contributed by atoms with Gasteiger partial charge in [-0.3, -0.25) is 0 Å². The number of aromatic nitrogens is 3. The van der Waals surface area contributed by atoms with Crippen molar-refractivity contribution in [1.29, 1.82) is 0 Å². The quantitative estimate of drug-likeness (QED) is 0.202. The summed E-state index contributed by atoms with van der Waals surface area (Å²) in [7, 11) is 0. The first kappa shape index (κ1) is 28.4. The van der Waals surface area contributed by atoms with Crippen molar-refractivity contribution in [2.24, 2.45) is 5.92 Å². The maximum absolute atomic E-state index is 10.3. The highest BCUT2D eigenvalue weighted by Crippen LogP contribution is 2.35. The first-order chi connectivity index (χ1) is 16.6. The second-order valence-corrected chi connectivity index (χ2v) is 11.5. The van der Waals surface area contributed by atoms with Gasteiger partial charge in [-0.2, -0.15) is 0 Å². The second kappa shape index (κ2) is 12.9. The van der Waals surface area contributed by atoms with Crippen LogP contribution in [0.5, 0.6) is 11.5 Å². The van der Waals surface area contributed by atoms with Crippen LogP contribution in [0.2, 0.25) is 0 Å². The number of halogens is 3. The van der Waals surface area contributed by atoms with Crippen molar-refractivity contribution in [2.75, 3.05) is 19.1 Å². The summed E-state index contributed by atoms with van der Waals surface area (Å²) in [6, 6.07) is 14.2. The zero-order chi connectivity index (χ0) is 25.6. The Morgan fingerprint density at radius 2 is 1.80 bits per heavy atom. The van der Waals surface area contributed by atoms with Crippen LogP contribution >= 0.6 is 56.8 Å². The lowest BCUT2D eigenvalue weighted by molar-refractivity contribution is 0.0881. The van der Waals surface area contributed by atoms with Gasteiger partial charge in [-0.15, -0.1) is 16.7 Å². The van der Waals surface area contributed by atoms with Crippen LogP contribution in [0.4, 0.5) is 0 Å². The molecule has 0 bridgehead atoms. The van der Waals surface area contributed by atoms with Crippen LogP contribution in [0.15, 0.2) is 42.5 Å². The Morgan fingerprint density at radius 3 is 2.40 bits per heavy atom. The minimum Gasteiger partial charge on any atom is -0.492 e. The predicted octanol–water partition coefficient (Wildman–Crippen LogP) is 5.00. The molecule has 0 aliphatic carbocycles. The summed E-state index contributed by atoms with van der Waals surface area (Å²) in [5, 5.41) is 27.4. The summed E-state index contributed by atoms with van der Waals surface area (Å²) in [5.41, 5.74) is 2.62. The number of aliphatic hydroxyl groups excluding tert-OH is 2. The average molecular weight is 722 g/mol. The third-order valence-corrected chi connectivity index (χ3v) is 8.28. The number of hydrogen-bond acceptors (Lipinski definition) is 6. The Balaban J connectivity index is 1.60. The average Bonchev–Trinajstić information content (AvgIpc) is 3.20. The highest BCUT2D eigenvalue weighted by molar-refractivity contribution is 14.1. The third kappa shape index (κ3) is 7.43. The molecule has 0 fully saturated rings. The molecule has 3 aromatic rings. The summed E-state index contributed by atoms with van der Waals surface area (Å²) in [5.74, 6) is 2.43. The summed E-state index contributed by atoms with van der Waals surface area (Å²) < 4.78 is 15.0. The van der Waals surface area contributed by atoms with Crippen LogP contribution < -0.4 is 9.47 Å². The van der Waals surface area contributed by atoms with Crippen LogP contribution in [-0.2, 0) is 18.6 Å². The molecule has 0 saturated carbocycles. The minimum absolute atomic E-state index is 0.120. The van der Waals surface area contributed by atoms with Crippen molar-refractivity contribution < 1.29 is 19.7 Å². The first-order valence-electron chi connectivity index (χ1n) is 11.2. The fourth-order valence-electron chi connectivity index (χ4n) is 3.41. The summed E-state index contributed by atoms with van der Waals surface area (Å²) in [4.78, 5) is 0. The highest BCUT2D eigenvalue weighted by Gasteiger charge is 2.24. The number of rotatable bonds is 12. The summed E-state index contributed by atoms with van der Waals surface area (Å²) in [6.07, 6.45) is -0.761. The van der Waals surface area contributed by atoms with Crippen LogP contribution in [0.3, 0.4) is 0 Å². The molecule has 3 rings (SSSR count). The molecule has 190 valence electrons. The maximum Gasteiger partial charge on any atom is 0.132 e. The lowest BCUT2D eigenvalue weighted by Gasteiger charge is -2.27. The van der Waals surface area contributed by atoms with Gasteiger partial charge in [0.15, 0.2) is 0 Å². The van der Waals surface area contributed by atoms with Gasteiger partial charge in [-0.1, -0.05) is 44.2 Å². The highest BCUT2D eigenvalue weighted by atomic mass is 127. The fourth-order valence-corrected chi connectivity index (χ4v) is 4.75. The topological polar surface area (TPSA) is 89.6 Å². The molecule has 0 radical (unpaired) electrons. The van der Waals surface area contributed by atoms with Crippen LogP contribution in [-0.4, -0.2) is 50.4 Å². The summed E-state index contributed by atoms with van der Waals surface area (Å²) in [6.45, 7) is 7.22. The van der Waals surface area contributed by atoms with Gasteiger partial charge in [-0.05, 0) is 80.6 Å². The number of hydrogen-bond donors (Lipinski definition) is 2. The third-order valence-electron chi connectivity index (χ3n) is 5.73. The van der Waals surface area contributed by atoms with E-state index in [1.54, 1.807) is 4.68 Å². The number of aliphatic hydroxyl groups is 2. The van der Waals surface area contributed by atoms with E-state index in [1.165, 1.54) is 5.56 Å². The lowest BCUT2D eigenvalue weighted by atomic mass is 9.78. The van der Waals surface area contributed by atoms with Crippen molar-refractivity contribution in [1.82, 2.24) is 15.0 Å². The molecule has 7 nitrogen and oxygen atoms in total. The first-order valence-corrected chi connectivity index (χ1v) is 13.9. The number of alkyl halides is 1. The molecule has 35 heavy (non-hydrogen) atoms. The van der Waals surface area contributed by atoms with Gasteiger partial charge in [-0.25, -0.2) is 4.68 Å². The van der Waals surface area contributed by atoms with E-state index < -0.39 is 6.10 Å². The van der Waals surface area contributed by atoms with E-state index in [0.29, 0.717) is 33.5 Å². The molecule has 0 amide bonds. The van der Waals surface area contributed by atoms with E-state index in [4.69, 9.17) is 21.1 Å². The van der Waals surface area contributed by atoms with E-state index in [2.05, 4.69) is 101 Å². The molecule has 10 heteroatoms. The second-order valence-electron chi connectivity index (χ2n) is 9.00. The lowest BCUT2D eigenvalue weighted by Crippen LogP contribution is -2.25. The number of ether oxygens (including phenoxy) is 2. The molecular formula is C25H30ClI2N3O4. The molecule has 2 N–H and O–H groups in total. The standard InChI is InChI=1S/C25H30ClI2N3O4/c1-16(11-26)14-35-23-9-6-18(10-21(23)27)25(2,3)17-4-7-20(8-5-17)34-15-19(33)12-31-24(28)22(13-32)29-30-31/h4-10,16,19,32-33H,11-15H2,1-3H3/t16-,19+/m0/s1/i27-4. The molecule has 1 heterocycles. The molecule has 2 aromatic carbocycles. The van der Waals surface area contributed by atoms with Gasteiger partial charge in [0.25, 0.3) is 0 Å². The molecule has 0 unspecified atom stereocenters. The Bertz CT molecular complexity index is 1110. The van der Waals surface area contributed by atoms with Crippen molar-refractivity contribution in [2.45, 2.75) is 45.4 Å². The smallest absolute Gasteiger partial charge is 0.132 e. The number of benzene rings is 2. The van der Waals surface area contributed by atoms with Crippen molar-refractivity contribution in [3.05, 3.63) is 66.6 Å². The van der Waals surface area contributed by atoms with Gasteiger partial charge in [0, 0.05) is 17.2 Å². The Hall–Kier alpha value is -1.15. The number of nitrogens with zero attached hydrogens (tertiary/aromatic N) is 3. The van der Waals surface area contributed by atoms with Gasteiger partial charge in [0.2, 0.25) is 0 Å². The SMILES string of the molecule is C[C@@H](CCl)COc1ccc(C(C)(C)c2ccc(OC[C@H](O)Cn3nnc(CO)c3I)cc2)cc1[123I]. The Morgan fingerprint density at radius 1 is 1.11 bits per heavy atom. The normalized spacial score (nSPS) is 13.5. The maximum atomic E-state index is 10.3. The molecule has 1 aromatic heterocycles. The molecule has 0 spiro atoms. The van der Waals surface area contributed by atoms with Crippen molar-refractivity contribution >= 4 is 56.8 Å². The Kier molecular flexibility index (Phi) is 10.5. The molecular weight excluding hydrogens is 692 g/mol. The Labute approximate surface area is 238 Å². The van der Waals surface area contributed by atoms with E-state index >= 15 is 0 Å². The van der Waals surface area contributed by atoms with Gasteiger partial charge < -0.3 is 19.7 Å². The predicted molar refractivity (Wildman–Crippen MR) is 153 cm³/mol. The minimum atomic E-state index is -0.761. The van der Waals surface area contributed by atoms with Crippen molar-refractivity contribution in [3.63, 3.8) is 0 Å². The van der Waals surface area contributed by atoms with E-state index in [9.17, 15) is 10.2 Å².